The summed E-state index contributed by atoms with van der Waals surface area (Å²) in [5, 5.41) is 3.13. The number of nitrogens with two attached hydrogens (primary N) is 1. The van der Waals surface area contributed by atoms with Gasteiger partial charge in [0.25, 0.3) is 5.91 Å². The number of benzene rings is 1. The minimum absolute atomic E-state index is 0. The van der Waals surface area contributed by atoms with Crippen molar-refractivity contribution in [3.8, 4) is 11.5 Å². The van der Waals surface area contributed by atoms with Crippen LogP contribution in [0, 0.1) is 0 Å². The molecule has 0 fully saturated rings. The van der Waals surface area contributed by atoms with Crippen LogP contribution in [0.1, 0.15) is 37.0 Å². The van der Waals surface area contributed by atoms with E-state index in [1.54, 1.807) is 12.1 Å². The van der Waals surface area contributed by atoms with E-state index in [9.17, 15) is 4.79 Å². The van der Waals surface area contributed by atoms with Crippen molar-refractivity contribution in [1.29, 1.82) is 0 Å². The molecule has 0 aliphatic heterocycles. The molecule has 3 N–H and O–H groups in total. The molecule has 5 nitrogen and oxygen atoms in total. The highest BCUT2D eigenvalue weighted by molar-refractivity contribution is 6.32. The van der Waals surface area contributed by atoms with Crippen LogP contribution < -0.4 is 20.5 Å². The molecule has 0 aliphatic rings. The molecule has 126 valence electrons. The lowest BCUT2D eigenvalue weighted by Gasteiger charge is -2.15. The number of halogens is 2. The van der Waals surface area contributed by atoms with Gasteiger partial charge in [-0.3, -0.25) is 4.79 Å². The van der Waals surface area contributed by atoms with E-state index in [2.05, 4.69) is 12.2 Å². The molecule has 0 aromatic heterocycles. The van der Waals surface area contributed by atoms with E-state index >= 15 is 0 Å². The van der Waals surface area contributed by atoms with Crippen molar-refractivity contribution in [2.75, 3.05) is 20.3 Å². The van der Waals surface area contributed by atoms with Gasteiger partial charge in [-0.05, 0) is 25.5 Å². The summed E-state index contributed by atoms with van der Waals surface area (Å²) in [6.45, 7) is 4.84. The first-order valence-corrected chi connectivity index (χ1v) is 7.42. The first kappa shape index (κ1) is 20.8. The molecule has 0 saturated carbocycles. The van der Waals surface area contributed by atoms with Gasteiger partial charge >= 0.3 is 0 Å². The van der Waals surface area contributed by atoms with E-state index in [1.165, 1.54) is 7.11 Å². The summed E-state index contributed by atoms with van der Waals surface area (Å²) in [5.74, 6) is 0.674. The lowest BCUT2D eigenvalue weighted by Crippen LogP contribution is -2.37. The number of unbranched alkanes of at least 4 members (excludes halogenated alkanes) is 1. The maximum atomic E-state index is 12.1. The quantitative estimate of drug-likeness (QED) is 0.706. The van der Waals surface area contributed by atoms with Gasteiger partial charge in [-0.15, -0.1) is 12.4 Å². The molecular weight excluding hydrogens is 327 g/mol. The Balaban J connectivity index is 0.00000441. The van der Waals surface area contributed by atoms with Crippen molar-refractivity contribution in [3.05, 3.63) is 22.7 Å². The van der Waals surface area contributed by atoms with Crippen LogP contribution in [0.15, 0.2) is 12.1 Å². The summed E-state index contributed by atoms with van der Waals surface area (Å²) in [5.41, 5.74) is 5.91. The molecule has 0 radical (unpaired) electrons. The zero-order valence-corrected chi connectivity index (χ0v) is 14.7. The summed E-state index contributed by atoms with van der Waals surface area (Å²) in [6.07, 6.45) is 1.95. The molecule has 0 bridgehead atoms. The SMILES string of the molecule is CCCCOc1c(Cl)cc(C(=O)N[C@@H](C)CN)cc1OC.Cl. The molecule has 0 heterocycles. The zero-order chi connectivity index (χ0) is 15.8. The monoisotopic (exact) mass is 350 g/mol. The van der Waals surface area contributed by atoms with Crippen molar-refractivity contribution in [2.24, 2.45) is 5.73 Å². The van der Waals surface area contributed by atoms with Crippen molar-refractivity contribution in [3.63, 3.8) is 0 Å². The van der Waals surface area contributed by atoms with Gasteiger partial charge in [0.2, 0.25) is 0 Å². The third-order valence-electron chi connectivity index (χ3n) is 2.97. The smallest absolute Gasteiger partial charge is 0.251 e. The van der Waals surface area contributed by atoms with Crippen LogP contribution in [0.5, 0.6) is 11.5 Å². The molecule has 0 unspecified atom stereocenters. The number of carbonyl (C=O) groups excluding carboxylic acids is 1. The molecule has 7 heteroatoms. The van der Waals surface area contributed by atoms with Crippen LogP contribution in [-0.4, -0.2) is 32.2 Å². The second-order valence-corrected chi connectivity index (χ2v) is 5.21. The summed E-state index contributed by atoms with van der Waals surface area (Å²) in [7, 11) is 1.52. The Morgan fingerprint density at radius 2 is 2.14 bits per heavy atom. The van der Waals surface area contributed by atoms with Crippen LogP contribution >= 0.6 is 24.0 Å². The first-order chi connectivity index (χ1) is 10.0. The minimum Gasteiger partial charge on any atom is -0.493 e. The number of nitrogens with one attached hydrogen (secondary N) is 1. The molecule has 22 heavy (non-hydrogen) atoms. The van der Waals surface area contributed by atoms with Crippen LogP contribution in [0.25, 0.3) is 0 Å². The van der Waals surface area contributed by atoms with E-state index < -0.39 is 0 Å². The van der Waals surface area contributed by atoms with Gasteiger partial charge in [-0.2, -0.15) is 0 Å². The topological polar surface area (TPSA) is 73.6 Å². The molecule has 0 saturated heterocycles. The van der Waals surface area contributed by atoms with Gasteiger partial charge in [0.1, 0.15) is 0 Å². The van der Waals surface area contributed by atoms with Gasteiger partial charge in [-0.1, -0.05) is 24.9 Å². The number of rotatable bonds is 8. The van der Waals surface area contributed by atoms with Gasteiger partial charge in [0.05, 0.1) is 18.7 Å². The van der Waals surface area contributed by atoms with Crippen molar-refractivity contribution < 1.29 is 14.3 Å². The molecule has 0 spiro atoms. The Morgan fingerprint density at radius 3 is 2.68 bits per heavy atom. The zero-order valence-electron chi connectivity index (χ0n) is 13.1. The van der Waals surface area contributed by atoms with Gasteiger partial charge in [0, 0.05) is 18.2 Å². The fourth-order valence-corrected chi connectivity index (χ4v) is 1.94. The summed E-state index contributed by atoms with van der Waals surface area (Å²) < 4.78 is 10.9. The summed E-state index contributed by atoms with van der Waals surface area (Å²) >= 11 is 6.20. The fraction of sp³-hybridized carbons (Fsp3) is 0.533. The number of ether oxygens (including phenoxy) is 2. The predicted molar refractivity (Wildman–Crippen MR) is 91.6 cm³/mol. The Morgan fingerprint density at radius 1 is 1.45 bits per heavy atom. The number of amides is 1. The van der Waals surface area contributed by atoms with E-state index in [4.69, 9.17) is 26.8 Å². The number of hydrogen-bond donors (Lipinski definition) is 2. The first-order valence-electron chi connectivity index (χ1n) is 7.04. The Labute approximate surface area is 142 Å². The Kier molecular flexibility index (Phi) is 9.98. The molecule has 1 aromatic rings. The van der Waals surface area contributed by atoms with Gasteiger partial charge in [0.15, 0.2) is 11.5 Å². The largest absolute Gasteiger partial charge is 0.493 e. The fourth-order valence-electron chi connectivity index (χ4n) is 1.68. The van der Waals surface area contributed by atoms with Crippen LogP contribution in [0.4, 0.5) is 0 Å². The van der Waals surface area contributed by atoms with E-state index in [-0.39, 0.29) is 24.4 Å². The van der Waals surface area contributed by atoms with Gasteiger partial charge < -0.3 is 20.5 Å². The summed E-state index contributed by atoms with van der Waals surface area (Å²) in [4.78, 5) is 12.1. The van der Waals surface area contributed by atoms with E-state index in [0.29, 0.717) is 35.2 Å². The Hall–Kier alpha value is -1.17. The van der Waals surface area contributed by atoms with Crippen LogP contribution in [0.3, 0.4) is 0 Å². The maximum Gasteiger partial charge on any atom is 0.251 e. The van der Waals surface area contributed by atoms with Crippen LogP contribution in [0.2, 0.25) is 5.02 Å². The standard InChI is InChI=1S/C15H23ClN2O3.ClH/c1-4-5-6-21-14-12(16)7-11(8-13(14)20-3)15(19)18-10(2)9-17;/h7-8,10H,4-6,9,17H2,1-3H3,(H,18,19);1H/t10-;/m0./s1. The molecular formula is C15H24Cl2N2O3. The molecule has 1 atom stereocenters. The highest BCUT2D eigenvalue weighted by Gasteiger charge is 2.16. The molecule has 1 rings (SSSR count). The highest BCUT2D eigenvalue weighted by atomic mass is 35.5. The number of carbonyl (C=O) groups is 1. The molecule has 0 aliphatic carbocycles. The van der Waals surface area contributed by atoms with Crippen molar-refractivity contribution >= 4 is 29.9 Å². The number of methoxy groups -OCH3 is 1. The predicted octanol–water partition coefficient (Wildman–Crippen LogP) is 3.03. The summed E-state index contributed by atoms with van der Waals surface area (Å²) in [6, 6.07) is 3.08. The van der Waals surface area contributed by atoms with E-state index in [1.807, 2.05) is 6.92 Å². The highest BCUT2D eigenvalue weighted by Crippen LogP contribution is 2.36. The van der Waals surface area contributed by atoms with Crippen molar-refractivity contribution in [2.45, 2.75) is 32.7 Å². The Bertz CT molecular complexity index is 484. The molecule has 1 aromatic carbocycles. The average Bonchev–Trinajstić information content (AvgIpc) is 2.48. The minimum atomic E-state index is -0.242. The number of hydrogen-bond acceptors (Lipinski definition) is 4. The van der Waals surface area contributed by atoms with Crippen LogP contribution in [-0.2, 0) is 0 Å². The third kappa shape index (κ3) is 5.91. The lowest BCUT2D eigenvalue weighted by atomic mass is 10.1. The van der Waals surface area contributed by atoms with Gasteiger partial charge in [-0.25, -0.2) is 0 Å². The second kappa shape index (κ2) is 10.5. The maximum absolute atomic E-state index is 12.1. The second-order valence-electron chi connectivity index (χ2n) is 4.80. The average molecular weight is 351 g/mol. The lowest BCUT2D eigenvalue weighted by molar-refractivity contribution is 0.0941. The third-order valence-corrected chi connectivity index (χ3v) is 3.25. The normalized spacial score (nSPS) is 11.3. The van der Waals surface area contributed by atoms with E-state index in [0.717, 1.165) is 12.8 Å². The molecule has 1 amide bonds. The van der Waals surface area contributed by atoms with Crippen molar-refractivity contribution in [1.82, 2.24) is 5.32 Å².